The molecule has 45 heavy (non-hydrogen) atoms. The van der Waals surface area contributed by atoms with Crippen molar-refractivity contribution in [3.8, 4) is 11.5 Å². The third-order valence-corrected chi connectivity index (χ3v) is 8.10. The number of alkyl halides is 1. The molecule has 0 aliphatic carbocycles. The van der Waals surface area contributed by atoms with Gasteiger partial charge in [0.25, 0.3) is 5.56 Å². The number of halogens is 1. The molecule has 0 saturated heterocycles. The van der Waals surface area contributed by atoms with Crippen LogP contribution in [0.4, 0.5) is 11.8 Å². The first-order valence-electron chi connectivity index (χ1n) is 15.2. The lowest BCUT2D eigenvalue weighted by Crippen LogP contribution is -2.27. The minimum absolute atomic E-state index is 0.119. The number of nitrogens with zero attached hydrogens (tertiary/aromatic N) is 4. The number of aromatic nitrogens is 3. The highest BCUT2D eigenvalue weighted by atomic mass is 35.5. The number of hydrogen-bond donors (Lipinski definition) is 1. The molecule has 5 rings (SSSR count). The molecule has 1 N–H and O–H groups in total. The van der Waals surface area contributed by atoms with Crippen LogP contribution < -0.4 is 25.2 Å². The van der Waals surface area contributed by atoms with Crippen molar-refractivity contribution in [2.24, 2.45) is 0 Å². The normalized spacial score (nSPS) is 11.8. The molecule has 3 aromatic carbocycles. The van der Waals surface area contributed by atoms with Crippen LogP contribution in [0.3, 0.4) is 0 Å². The Morgan fingerprint density at radius 2 is 1.38 bits per heavy atom. The number of nitrogens with one attached hydrogen (secondary N) is 1. The van der Waals surface area contributed by atoms with Crippen molar-refractivity contribution >= 4 is 34.3 Å². The highest BCUT2D eigenvalue weighted by molar-refractivity contribution is 6.17. The van der Waals surface area contributed by atoms with E-state index >= 15 is 0 Å². The van der Waals surface area contributed by atoms with Gasteiger partial charge in [-0.25, -0.2) is 4.98 Å². The molecule has 0 radical (unpaired) electrons. The number of hydrogen-bond acceptors (Lipinski definition) is 7. The molecule has 0 fully saturated rings. The summed E-state index contributed by atoms with van der Waals surface area (Å²) in [6, 6.07) is 26.0. The summed E-state index contributed by atoms with van der Waals surface area (Å²) in [6.45, 7) is 5.81. The molecule has 0 aliphatic rings. The smallest absolute Gasteiger partial charge is 0.264 e. The van der Waals surface area contributed by atoms with E-state index in [-0.39, 0.29) is 11.6 Å². The highest BCUT2D eigenvalue weighted by Gasteiger charge is 2.19. The van der Waals surface area contributed by atoms with Gasteiger partial charge in [0.15, 0.2) is 0 Å². The van der Waals surface area contributed by atoms with Crippen LogP contribution in [0.25, 0.3) is 10.9 Å². The van der Waals surface area contributed by atoms with Gasteiger partial charge in [0, 0.05) is 31.2 Å². The number of anilines is 2. The lowest BCUT2D eigenvalue weighted by atomic mass is 10.1. The molecule has 0 amide bonds. The van der Waals surface area contributed by atoms with Crippen LogP contribution in [0.15, 0.2) is 89.9 Å². The van der Waals surface area contributed by atoms with Crippen molar-refractivity contribution in [3.63, 3.8) is 0 Å². The molecule has 8 nitrogen and oxygen atoms in total. The largest absolute Gasteiger partial charge is 0.497 e. The molecule has 2 heterocycles. The van der Waals surface area contributed by atoms with E-state index < -0.39 is 0 Å². The van der Waals surface area contributed by atoms with Gasteiger partial charge in [-0.05, 0) is 65.9 Å². The quantitative estimate of drug-likeness (QED) is 0.129. The van der Waals surface area contributed by atoms with Crippen LogP contribution in [0.5, 0.6) is 11.5 Å². The summed E-state index contributed by atoms with van der Waals surface area (Å²) in [5.41, 5.74) is 4.68. The minimum atomic E-state index is -0.136. The van der Waals surface area contributed by atoms with E-state index in [2.05, 4.69) is 24.1 Å². The maximum absolute atomic E-state index is 14.0. The summed E-state index contributed by atoms with van der Waals surface area (Å²) in [6.07, 6.45) is 3.76. The topological polar surface area (TPSA) is 81.5 Å². The first-order chi connectivity index (χ1) is 21.9. The third-order valence-electron chi connectivity index (χ3n) is 7.80. The standard InChI is InChI=1S/C36H40ClN5O3/c1-5-6-25(2)38-34-33-32(19-20-41(35(33)43)22-27-9-7-26(21-37)8-10-27)39-36(40-34)42(23-28-11-15-30(44-3)16-12-28)24-29-13-17-31(45-4)18-14-29/h7-20,25H,5-6,21-24H2,1-4H3,(H,38,39,40). The zero-order chi connectivity index (χ0) is 31.8. The maximum atomic E-state index is 14.0. The lowest BCUT2D eigenvalue weighted by Gasteiger charge is -2.25. The third kappa shape index (κ3) is 7.94. The summed E-state index contributed by atoms with van der Waals surface area (Å²) in [7, 11) is 3.32. The van der Waals surface area contributed by atoms with Gasteiger partial charge in [-0.2, -0.15) is 4.98 Å². The predicted molar refractivity (Wildman–Crippen MR) is 183 cm³/mol. The van der Waals surface area contributed by atoms with Gasteiger partial charge in [0.1, 0.15) is 22.7 Å². The van der Waals surface area contributed by atoms with Crippen molar-refractivity contribution in [3.05, 3.63) is 118 Å². The van der Waals surface area contributed by atoms with E-state index in [9.17, 15) is 4.79 Å². The number of methoxy groups -OCH3 is 2. The fourth-order valence-corrected chi connectivity index (χ4v) is 5.49. The molecule has 0 bridgehead atoms. The van der Waals surface area contributed by atoms with E-state index in [0.29, 0.717) is 48.2 Å². The molecule has 234 valence electrons. The molecule has 1 atom stereocenters. The van der Waals surface area contributed by atoms with Gasteiger partial charge in [-0.15, -0.1) is 11.6 Å². The molecular formula is C36H40ClN5O3. The SMILES string of the molecule is CCCC(C)Nc1nc(N(Cc2ccc(OC)cc2)Cc2ccc(OC)cc2)nc2ccn(Cc3ccc(CCl)cc3)c(=O)c12. The van der Waals surface area contributed by atoms with Gasteiger partial charge in [-0.1, -0.05) is 61.9 Å². The Labute approximate surface area is 269 Å². The maximum Gasteiger partial charge on any atom is 0.264 e. The minimum Gasteiger partial charge on any atom is -0.497 e. The van der Waals surface area contributed by atoms with Crippen LogP contribution in [0.1, 0.15) is 48.9 Å². The highest BCUT2D eigenvalue weighted by Crippen LogP contribution is 2.26. The van der Waals surface area contributed by atoms with Crippen molar-refractivity contribution in [1.82, 2.24) is 14.5 Å². The average molecular weight is 626 g/mol. The van der Waals surface area contributed by atoms with E-state index in [4.69, 9.17) is 31.0 Å². The molecule has 0 spiro atoms. The van der Waals surface area contributed by atoms with Gasteiger partial charge in [-0.3, -0.25) is 4.79 Å². The second-order valence-electron chi connectivity index (χ2n) is 11.2. The van der Waals surface area contributed by atoms with Gasteiger partial charge >= 0.3 is 0 Å². The molecule has 0 saturated carbocycles. The zero-order valence-corrected chi connectivity index (χ0v) is 27.1. The Morgan fingerprint density at radius 1 is 0.822 bits per heavy atom. The zero-order valence-electron chi connectivity index (χ0n) is 26.3. The monoisotopic (exact) mass is 625 g/mol. The summed E-state index contributed by atoms with van der Waals surface area (Å²) in [4.78, 5) is 26.1. The van der Waals surface area contributed by atoms with Crippen LogP contribution >= 0.6 is 11.6 Å². The number of ether oxygens (including phenoxy) is 2. The Bertz CT molecular complexity index is 1710. The van der Waals surface area contributed by atoms with E-state index in [1.54, 1.807) is 18.8 Å². The van der Waals surface area contributed by atoms with Crippen LogP contribution in [0, 0.1) is 0 Å². The first-order valence-corrected chi connectivity index (χ1v) is 15.8. The Hall–Kier alpha value is -4.56. The second-order valence-corrected chi connectivity index (χ2v) is 11.5. The van der Waals surface area contributed by atoms with Crippen molar-refractivity contribution < 1.29 is 9.47 Å². The Balaban J connectivity index is 1.58. The fraction of sp³-hybridized carbons (Fsp3) is 0.306. The van der Waals surface area contributed by atoms with E-state index in [1.165, 1.54) is 0 Å². The van der Waals surface area contributed by atoms with Crippen molar-refractivity contribution in [2.75, 3.05) is 24.4 Å². The predicted octanol–water partition coefficient (Wildman–Crippen LogP) is 7.40. The van der Waals surface area contributed by atoms with E-state index in [1.807, 2.05) is 85.1 Å². The summed E-state index contributed by atoms with van der Waals surface area (Å²) in [5.74, 6) is 3.13. The second kappa shape index (κ2) is 14.9. The molecular weight excluding hydrogens is 586 g/mol. The van der Waals surface area contributed by atoms with Crippen LogP contribution in [-0.2, 0) is 25.5 Å². The molecule has 1 unspecified atom stereocenters. The fourth-order valence-electron chi connectivity index (χ4n) is 5.31. The van der Waals surface area contributed by atoms with Crippen molar-refractivity contribution in [1.29, 1.82) is 0 Å². The summed E-state index contributed by atoms with van der Waals surface area (Å²) >= 11 is 5.97. The lowest BCUT2D eigenvalue weighted by molar-refractivity contribution is 0.414. The molecule has 9 heteroatoms. The van der Waals surface area contributed by atoms with Gasteiger partial charge < -0.3 is 24.3 Å². The summed E-state index contributed by atoms with van der Waals surface area (Å²) < 4.78 is 12.5. The molecule has 2 aromatic heterocycles. The molecule has 5 aromatic rings. The van der Waals surface area contributed by atoms with E-state index in [0.717, 1.165) is 46.6 Å². The average Bonchev–Trinajstić information content (AvgIpc) is 3.06. The van der Waals surface area contributed by atoms with Gasteiger partial charge in [0.05, 0.1) is 26.3 Å². The number of pyridine rings is 1. The Kier molecular flexibility index (Phi) is 10.6. The first kappa shape index (κ1) is 31.9. The van der Waals surface area contributed by atoms with Crippen molar-refractivity contribution in [2.45, 2.75) is 58.2 Å². The Morgan fingerprint density at radius 3 is 1.91 bits per heavy atom. The number of benzene rings is 3. The van der Waals surface area contributed by atoms with Gasteiger partial charge in [0.2, 0.25) is 5.95 Å². The number of fused-ring (bicyclic) bond motifs is 1. The summed E-state index contributed by atoms with van der Waals surface area (Å²) in [5, 5.41) is 4.03. The van der Waals surface area contributed by atoms with Crippen LogP contribution in [0.2, 0.25) is 0 Å². The van der Waals surface area contributed by atoms with Crippen LogP contribution in [-0.4, -0.2) is 34.8 Å². The molecule has 0 aliphatic heterocycles. The number of rotatable bonds is 14.